The summed E-state index contributed by atoms with van der Waals surface area (Å²) in [5.74, 6) is 0.214. The Bertz CT molecular complexity index is 807. The average molecular weight is 434 g/mol. The smallest absolute Gasteiger partial charge is 0.249 e. The molecule has 3 saturated heterocycles. The number of nitrogens with zero attached hydrogens (tertiary/aromatic N) is 2. The van der Waals surface area contributed by atoms with Crippen LogP contribution in [0.4, 0.5) is 15.8 Å². The van der Waals surface area contributed by atoms with E-state index in [-0.39, 0.29) is 18.1 Å². The number of hydrogen-bond donors (Lipinski definition) is 3. The molecule has 1 atom stereocenters. The second-order valence-corrected chi connectivity index (χ2v) is 8.63. The second kappa shape index (κ2) is 9.82. The zero-order valence-electron chi connectivity index (χ0n) is 18.1. The summed E-state index contributed by atoms with van der Waals surface area (Å²) in [5, 5.41) is 8.75. The molecular formula is C22H32FN5O3. The molecule has 3 heterocycles. The van der Waals surface area contributed by atoms with Gasteiger partial charge >= 0.3 is 0 Å². The van der Waals surface area contributed by atoms with Crippen LogP contribution in [0.25, 0.3) is 0 Å². The molecule has 1 unspecified atom stereocenters. The van der Waals surface area contributed by atoms with Crippen LogP contribution in [0.2, 0.25) is 0 Å². The summed E-state index contributed by atoms with van der Waals surface area (Å²) < 4.78 is 20.5. The number of anilines is 2. The first-order valence-electron chi connectivity index (χ1n) is 11.2. The number of piperazine rings is 1. The molecule has 3 fully saturated rings. The van der Waals surface area contributed by atoms with Gasteiger partial charge in [0.1, 0.15) is 17.6 Å². The van der Waals surface area contributed by atoms with Crippen LogP contribution in [0.15, 0.2) is 12.1 Å². The Balaban J connectivity index is 1.39. The largest absolute Gasteiger partial charge is 0.495 e. The van der Waals surface area contributed by atoms with Gasteiger partial charge in [-0.3, -0.25) is 19.8 Å². The van der Waals surface area contributed by atoms with Gasteiger partial charge in [0.2, 0.25) is 11.8 Å². The molecule has 0 saturated carbocycles. The molecule has 170 valence electrons. The maximum atomic E-state index is 15.0. The van der Waals surface area contributed by atoms with Gasteiger partial charge in [0.15, 0.2) is 0 Å². The van der Waals surface area contributed by atoms with Crippen LogP contribution in [-0.2, 0) is 9.59 Å². The lowest BCUT2D eigenvalue weighted by Gasteiger charge is -2.38. The SMILES string of the molecule is COc1cc(N2CCN(CC3CCNCC3)CC2)c(F)cc1NC1CCC(=O)NC1=O. The highest BCUT2D eigenvalue weighted by Gasteiger charge is 2.28. The Kier molecular flexibility index (Phi) is 6.92. The van der Waals surface area contributed by atoms with Crippen molar-refractivity contribution in [1.82, 2.24) is 15.5 Å². The molecule has 0 aliphatic carbocycles. The van der Waals surface area contributed by atoms with Gasteiger partial charge in [-0.25, -0.2) is 4.39 Å². The minimum absolute atomic E-state index is 0.258. The molecule has 0 bridgehead atoms. The zero-order chi connectivity index (χ0) is 21.8. The number of amides is 2. The van der Waals surface area contributed by atoms with E-state index in [1.165, 1.54) is 26.0 Å². The van der Waals surface area contributed by atoms with E-state index in [4.69, 9.17) is 4.74 Å². The average Bonchev–Trinajstić information content (AvgIpc) is 2.77. The molecule has 2 amide bonds. The minimum Gasteiger partial charge on any atom is -0.495 e. The van der Waals surface area contributed by atoms with E-state index >= 15 is 4.39 Å². The van der Waals surface area contributed by atoms with Crippen molar-refractivity contribution in [2.75, 3.05) is 63.1 Å². The van der Waals surface area contributed by atoms with E-state index in [1.807, 2.05) is 0 Å². The molecule has 0 aromatic heterocycles. The Labute approximate surface area is 182 Å². The third-order valence-electron chi connectivity index (χ3n) is 6.53. The van der Waals surface area contributed by atoms with E-state index in [1.54, 1.807) is 6.07 Å². The molecular weight excluding hydrogens is 401 g/mol. The summed E-state index contributed by atoms with van der Waals surface area (Å²) >= 11 is 0. The highest BCUT2D eigenvalue weighted by molar-refractivity contribution is 6.01. The summed E-state index contributed by atoms with van der Waals surface area (Å²) in [5.41, 5.74) is 0.940. The van der Waals surface area contributed by atoms with E-state index in [2.05, 4.69) is 25.8 Å². The zero-order valence-corrected chi connectivity index (χ0v) is 18.1. The van der Waals surface area contributed by atoms with Gasteiger partial charge in [-0.2, -0.15) is 0 Å². The predicted octanol–water partition coefficient (Wildman–Crippen LogP) is 1.17. The highest BCUT2D eigenvalue weighted by atomic mass is 19.1. The minimum atomic E-state index is -0.588. The highest BCUT2D eigenvalue weighted by Crippen LogP contribution is 2.34. The van der Waals surface area contributed by atoms with Gasteiger partial charge in [-0.05, 0) is 38.3 Å². The Morgan fingerprint density at radius 2 is 1.87 bits per heavy atom. The molecule has 3 aliphatic rings. The fourth-order valence-electron chi connectivity index (χ4n) is 4.69. The first-order valence-corrected chi connectivity index (χ1v) is 11.2. The normalized spacial score (nSPS) is 23.5. The van der Waals surface area contributed by atoms with Crippen molar-refractivity contribution < 1.29 is 18.7 Å². The molecule has 1 aromatic carbocycles. The number of benzene rings is 1. The van der Waals surface area contributed by atoms with Gasteiger partial charge in [0, 0.05) is 51.3 Å². The summed E-state index contributed by atoms with van der Waals surface area (Å²) in [6.07, 6.45) is 3.09. The topological polar surface area (TPSA) is 85.9 Å². The first kappa shape index (κ1) is 21.8. The maximum Gasteiger partial charge on any atom is 0.249 e. The Morgan fingerprint density at radius 1 is 1.13 bits per heavy atom. The Hall–Kier alpha value is -2.39. The van der Waals surface area contributed by atoms with Crippen LogP contribution < -0.4 is 25.6 Å². The van der Waals surface area contributed by atoms with E-state index in [0.717, 1.165) is 51.7 Å². The molecule has 4 rings (SSSR count). The molecule has 8 nitrogen and oxygen atoms in total. The number of piperidine rings is 2. The van der Waals surface area contributed by atoms with Crippen molar-refractivity contribution >= 4 is 23.2 Å². The van der Waals surface area contributed by atoms with E-state index in [9.17, 15) is 9.59 Å². The predicted molar refractivity (Wildman–Crippen MR) is 117 cm³/mol. The van der Waals surface area contributed by atoms with Crippen molar-refractivity contribution in [3.63, 3.8) is 0 Å². The fraction of sp³-hybridized carbons (Fsp3) is 0.636. The Morgan fingerprint density at radius 3 is 2.55 bits per heavy atom. The van der Waals surface area contributed by atoms with Crippen molar-refractivity contribution in [3.05, 3.63) is 17.9 Å². The maximum absolute atomic E-state index is 15.0. The fourth-order valence-corrected chi connectivity index (χ4v) is 4.69. The number of methoxy groups -OCH3 is 1. The molecule has 0 spiro atoms. The first-order chi connectivity index (χ1) is 15.0. The number of imide groups is 1. The van der Waals surface area contributed by atoms with Crippen LogP contribution >= 0.6 is 0 Å². The molecule has 9 heteroatoms. The monoisotopic (exact) mass is 433 g/mol. The number of nitrogens with one attached hydrogen (secondary N) is 3. The third kappa shape index (κ3) is 5.27. The number of rotatable bonds is 6. The van der Waals surface area contributed by atoms with Crippen LogP contribution in [0.3, 0.4) is 0 Å². The second-order valence-electron chi connectivity index (χ2n) is 8.63. The number of ether oxygens (including phenoxy) is 1. The van der Waals surface area contributed by atoms with Gasteiger partial charge in [-0.15, -0.1) is 0 Å². The summed E-state index contributed by atoms with van der Waals surface area (Å²) in [6, 6.07) is 2.50. The van der Waals surface area contributed by atoms with Gasteiger partial charge in [0.05, 0.1) is 18.5 Å². The third-order valence-corrected chi connectivity index (χ3v) is 6.53. The van der Waals surface area contributed by atoms with Crippen LogP contribution in [0.5, 0.6) is 5.75 Å². The number of halogens is 1. The van der Waals surface area contributed by atoms with Crippen molar-refractivity contribution in [1.29, 1.82) is 0 Å². The lowest BCUT2D eigenvalue weighted by Crippen LogP contribution is -2.49. The van der Waals surface area contributed by atoms with Gasteiger partial charge < -0.3 is 20.3 Å². The number of hydrogen-bond acceptors (Lipinski definition) is 7. The summed E-state index contributed by atoms with van der Waals surface area (Å²) in [4.78, 5) is 27.9. The summed E-state index contributed by atoms with van der Waals surface area (Å²) in [6.45, 7) is 6.71. The molecule has 3 aliphatic heterocycles. The molecule has 3 N–H and O–H groups in total. The van der Waals surface area contributed by atoms with Crippen molar-refractivity contribution in [3.8, 4) is 5.75 Å². The van der Waals surface area contributed by atoms with E-state index in [0.29, 0.717) is 23.5 Å². The quantitative estimate of drug-likeness (QED) is 0.581. The summed E-state index contributed by atoms with van der Waals surface area (Å²) in [7, 11) is 1.53. The van der Waals surface area contributed by atoms with E-state index < -0.39 is 11.9 Å². The molecule has 1 aromatic rings. The van der Waals surface area contributed by atoms with Crippen molar-refractivity contribution in [2.45, 2.75) is 31.7 Å². The number of carbonyl (C=O) groups is 2. The van der Waals surface area contributed by atoms with Gasteiger partial charge in [0.25, 0.3) is 0 Å². The lowest BCUT2D eigenvalue weighted by molar-refractivity contribution is -0.133. The molecule has 0 radical (unpaired) electrons. The standard InChI is InChI=1S/C22H32FN5O3/c1-31-20-13-19(16(23)12-18(20)25-17-2-3-21(29)26-22(17)30)28-10-8-27(9-11-28)14-15-4-6-24-7-5-15/h12-13,15,17,24-25H,2-11,14H2,1H3,(H,26,29,30). The van der Waals surface area contributed by atoms with Crippen molar-refractivity contribution in [2.24, 2.45) is 5.92 Å². The number of carbonyl (C=O) groups excluding carboxylic acids is 2. The van der Waals surface area contributed by atoms with Crippen LogP contribution in [-0.4, -0.2) is 75.7 Å². The van der Waals surface area contributed by atoms with Crippen LogP contribution in [0, 0.1) is 11.7 Å². The van der Waals surface area contributed by atoms with Crippen LogP contribution in [0.1, 0.15) is 25.7 Å². The lowest BCUT2D eigenvalue weighted by atomic mass is 9.97. The van der Waals surface area contributed by atoms with Gasteiger partial charge in [-0.1, -0.05) is 0 Å². The molecule has 31 heavy (non-hydrogen) atoms.